The zero-order valence-electron chi connectivity index (χ0n) is 10.4. The highest BCUT2D eigenvalue weighted by Gasteiger charge is 2.42. The van der Waals surface area contributed by atoms with Crippen LogP contribution in [0.4, 0.5) is 0 Å². The van der Waals surface area contributed by atoms with E-state index >= 15 is 0 Å². The molecular weight excluding hydrogens is 218 g/mol. The predicted molar refractivity (Wildman–Crippen MR) is 63.8 cm³/mol. The first-order valence-corrected chi connectivity index (χ1v) is 5.94. The van der Waals surface area contributed by atoms with Gasteiger partial charge < -0.3 is 10.1 Å². The maximum absolute atomic E-state index is 11.9. The Bertz CT molecular complexity index is 396. The predicted octanol–water partition coefficient (Wildman–Crippen LogP) is 1.26. The molecule has 1 heterocycles. The quantitative estimate of drug-likeness (QED) is 0.782. The molecule has 1 saturated carbocycles. The smallest absolute Gasteiger partial charge is 0.254 e. The minimum Gasteiger partial charge on any atom is -0.385 e. The van der Waals surface area contributed by atoms with Crippen LogP contribution in [0.25, 0.3) is 0 Å². The molecule has 0 unspecified atom stereocenters. The number of H-pyrrole nitrogens is 1. The maximum Gasteiger partial charge on any atom is 0.254 e. The molecular formula is C12H19N3O2. The van der Waals surface area contributed by atoms with Crippen LogP contribution in [0.15, 0.2) is 6.20 Å². The lowest BCUT2D eigenvalue weighted by Gasteiger charge is -2.15. The van der Waals surface area contributed by atoms with E-state index in [0.717, 1.165) is 25.3 Å². The number of ether oxygens (including phenoxy) is 1. The Morgan fingerprint density at radius 1 is 1.65 bits per heavy atom. The molecule has 1 amide bonds. The molecule has 1 aliphatic carbocycles. The molecule has 0 saturated heterocycles. The second kappa shape index (κ2) is 4.87. The summed E-state index contributed by atoms with van der Waals surface area (Å²) in [5.41, 5.74) is 1.72. The summed E-state index contributed by atoms with van der Waals surface area (Å²) < 4.78 is 5.09. The van der Waals surface area contributed by atoms with Crippen LogP contribution in [-0.2, 0) is 4.74 Å². The van der Waals surface area contributed by atoms with Crippen molar-refractivity contribution >= 4 is 5.91 Å². The summed E-state index contributed by atoms with van der Waals surface area (Å²) in [6.45, 7) is 3.35. The molecule has 17 heavy (non-hydrogen) atoms. The van der Waals surface area contributed by atoms with E-state index in [1.54, 1.807) is 13.3 Å². The van der Waals surface area contributed by atoms with Crippen LogP contribution in [0, 0.1) is 12.3 Å². The Morgan fingerprint density at radius 2 is 2.41 bits per heavy atom. The fraction of sp³-hybridized carbons (Fsp3) is 0.667. The monoisotopic (exact) mass is 237 g/mol. The second-order valence-electron chi connectivity index (χ2n) is 4.83. The molecule has 1 aromatic heterocycles. The number of aryl methyl sites for hydroxylation is 1. The average Bonchev–Trinajstić information content (AvgIpc) is 2.98. The standard InChI is InChI=1S/C12H19N3O2/c1-9-10(7-14-15-9)11(16)13-8-12(3-4-12)5-6-17-2/h7H,3-6,8H2,1-2H3,(H,13,16)(H,14,15). The fourth-order valence-corrected chi connectivity index (χ4v) is 1.95. The normalized spacial score (nSPS) is 16.8. The zero-order valence-corrected chi connectivity index (χ0v) is 10.4. The maximum atomic E-state index is 11.9. The van der Waals surface area contributed by atoms with Crippen molar-refractivity contribution in [3.63, 3.8) is 0 Å². The van der Waals surface area contributed by atoms with E-state index in [-0.39, 0.29) is 11.3 Å². The first kappa shape index (κ1) is 12.1. The number of aromatic amines is 1. The van der Waals surface area contributed by atoms with Crippen molar-refractivity contribution in [3.05, 3.63) is 17.5 Å². The minimum absolute atomic E-state index is 0.0417. The van der Waals surface area contributed by atoms with Gasteiger partial charge in [-0.2, -0.15) is 5.10 Å². The third-order valence-electron chi connectivity index (χ3n) is 3.49. The lowest BCUT2D eigenvalue weighted by atomic mass is 10.0. The highest BCUT2D eigenvalue weighted by molar-refractivity contribution is 5.94. The Morgan fingerprint density at radius 3 is 2.94 bits per heavy atom. The fourth-order valence-electron chi connectivity index (χ4n) is 1.95. The van der Waals surface area contributed by atoms with Gasteiger partial charge >= 0.3 is 0 Å². The van der Waals surface area contributed by atoms with Crippen molar-refractivity contribution in [1.82, 2.24) is 15.5 Å². The number of methoxy groups -OCH3 is 1. The van der Waals surface area contributed by atoms with Crippen molar-refractivity contribution in [2.24, 2.45) is 5.41 Å². The first-order chi connectivity index (χ1) is 8.17. The van der Waals surface area contributed by atoms with E-state index in [1.807, 2.05) is 6.92 Å². The minimum atomic E-state index is -0.0417. The number of nitrogens with one attached hydrogen (secondary N) is 2. The van der Waals surface area contributed by atoms with Crippen molar-refractivity contribution in [1.29, 1.82) is 0 Å². The lowest BCUT2D eigenvalue weighted by molar-refractivity contribution is 0.0937. The summed E-state index contributed by atoms with van der Waals surface area (Å²) in [6, 6.07) is 0. The number of hydrogen-bond acceptors (Lipinski definition) is 3. The highest BCUT2D eigenvalue weighted by Crippen LogP contribution is 2.48. The summed E-state index contributed by atoms with van der Waals surface area (Å²) in [7, 11) is 1.71. The van der Waals surface area contributed by atoms with E-state index in [1.165, 1.54) is 12.8 Å². The van der Waals surface area contributed by atoms with Gasteiger partial charge in [-0.25, -0.2) is 0 Å². The van der Waals surface area contributed by atoms with Crippen molar-refractivity contribution < 1.29 is 9.53 Å². The molecule has 0 spiro atoms. The molecule has 5 heteroatoms. The summed E-state index contributed by atoms with van der Waals surface area (Å²) in [5, 5.41) is 9.60. The van der Waals surface area contributed by atoms with Gasteiger partial charge in [0.2, 0.25) is 0 Å². The Kier molecular flexibility index (Phi) is 3.47. The van der Waals surface area contributed by atoms with E-state index in [4.69, 9.17) is 4.74 Å². The van der Waals surface area contributed by atoms with Gasteiger partial charge in [-0.15, -0.1) is 0 Å². The zero-order chi connectivity index (χ0) is 12.3. The van der Waals surface area contributed by atoms with Gasteiger partial charge in [0.05, 0.1) is 11.8 Å². The van der Waals surface area contributed by atoms with Crippen LogP contribution in [0.2, 0.25) is 0 Å². The number of nitrogens with zero attached hydrogens (tertiary/aromatic N) is 1. The molecule has 2 rings (SSSR count). The number of carbonyl (C=O) groups is 1. The lowest BCUT2D eigenvalue weighted by Crippen LogP contribution is -2.31. The van der Waals surface area contributed by atoms with Crippen LogP contribution in [0.5, 0.6) is 0 Å². The molecule has 1 fully saturated rings. The molecule has 5 nitrogen and oxygen atoms in total. The highest BCUT2D eigenvalue weighted by atomic mass is 16.5. The first-order valence-electron chi connectivity index (χ1n) is 5.94. The molecule has 2 N–H and O–H groups in total. The average molecular weight is 237 g/mol. The molecule has 0 aliphatic heterocycles. The van der Waals surface area contributed by atoms with Gasteiger partial charge in [0, 0.05) is 26.0 Å². The molecule has 1 aliphatic rings. The van der Waals surface area contributed by atoms with Crippen LogP contribution >= 0.6 is 0 Å². The third-order valence-corrected chi connectivity index (χ3v) is 3.49. The molecule has 0 atom stereocenters. The molecule has 0 bridgehead atoms. The van der Waals surface area contributed by atoms with Crippen molar-refractivity contribution in [2.45, 2.75) is 26.2 Å². The van der Waals surface area contributed by atoms with Gasteiger partial charge in [0.1, 0.15) is 0 Å². The Balaban J connectivity index is 1.83. The molecule has 1 aromatic rings. The van der Waals surface area contributed by atoms with Crippen LogP contribution < -0.4 is 5.32 Å². The topological polar surface area (TPSA) is 67.0 Å². The van der Waals surface area contributed by atoms with Gasteiger partial charge in [-0.3, -0.25) is 9.89 Å². The largest absolute Gasteiger partial charge is 0.385 e. The number of amides is 1. The summed E-state index contributed by atoms with van der Waals surface area (Å²) in [5.74, 6) is -0.0417. The van der Waals surface area contributed by atoms with E-state index in [0.29, 0.717) is 5.56 Å². The Hall–Kier alpha value is -1.36. The SMILES string of the molecule is COCCC1(CNC(=O)c2cn[nH]c2C)CC1. The molecule has 0 aromatic carbocycles. The number of carbonyl (C=O) groups excluding carboxylic acids is 1. The molecule has 0 radical (unpaired) electrons. The number of hydrogen-bond donors (Lipinski definition) is 2. The van der Waals surface area contributed by atoms with Crippen molar-refractivity contribution in [2.75, 3.05) is 20.3 Å². The van der Waals surface area contributed by atoms with Crippen LogP contribution in [0.3, 0.4) is 0 Å². The van der Waals surface area contributed by atoms with Gasteiger partial charge in [0.15, 0.2) is 0 Å². The van der Waals surface area contributed by atoms with E-state index < -0.39 is 0 Å². The van der Waals surface area contributed by atoms with Crippen molar-refractivity contribution in [3.8, 4) is 0 Å². The number of rotatable bonds is 6. The number of aromatic nitrogens is 2. The van der Waals surface area contributed by atoms with Crippen LogP contribution in [-0.4, -0.2) is 36.4 Å². The van der Waals surface area contributed by atoms with Gasteiger partial charge in [0.25, 0.3) is 5.91 Å². The summed E-state index contributed by atoms with van der Waals surface area (Å²) >= 11 is 0. The van der Waals surface area contributed by atoms with E-state index in [2.05, 4.69) is 15.5 Å². The summed E-state index contributed by atoms with van der Waals surface area (Å²) in [6.07, 6.45) is 4.95. The summed E-state index contributed by atoms with van der Waals surface area (Å²) in [4.78, 5) is 11.9. The van der Waals surface area contributed by atoms with Crippen LogP contribution in [0.1, 0.15) is 35.3 Å². The van der Waals surface area contributed by atoms with Gasteiger partial charge in [-0.1, -0.05) is 0 Å². The second-order valence-corrected chi connectivity index (χ2v) is 4.83. The Labute approximate surface area is 101 Å². The third kappa shape index (κ3) is 2.85. The van der Waals surface area contributed by atoms with Gasteiger partial charge in [-0.05, 0) is 31.6 Å². The molecule has 94 valence electrons. The van der Waals surface area contributed by atoms with E-state index in [9.17, 15) is 4.79 Å².